The van der Waals surface area contributed by atoms with Gasteiger partial charge in [-0.05, 0) is 18.4 Å². The lowest BCUT2D eigenvalue weighted by Crippen LogP contribution is -2.31. The first kappa shape index (κ1) is 18.6. The number of rotatable bonds is 6. The Bertz CT molecular complexity index is 963. The van der Waals surface area contributed by atoms with Gasteiger partial charge in [0.05, 0.1) is 5.56 Å². The predicted octanol–water partition coefficient (Wildman–Crippen LogP) is 4.50. The number of nitrogens with one attached hydrogen (secondary N) is 1. The van der Waals surface area contributed by atoms with E-state index in [1.54, 1.807) is 0 Å². The summed E-state index contributed by atoms with van der Waals surface area (Å²) in [7, 11) is 0. The van der Waals surface area contributed by atoms with Gasteiger partial charge in [0.25, 0.3) is 0 Å². The number of nitrogens with two attached hydrogens (primary N) is 1. The summed E-state index contributed by atoms with van der Waals surface area (Å²) in [5.41, 5.74) is 6.54. The second-order valence-electron chi connectivity index (χ2n) is 5.79. The number of anilines is 1. The van der Waals surface area contributed by atoms with Crippen LogP contribution in [0.2, 0.25) is 5.15 Å². The quantitative estimate of drug-likeness (QED) is 0.476. The Balaban J connectivity index is 2.07. The second kappa shape index (κ2) is 7.62. The molecule has 3 heterocycles. The maximum Gasteiger partial charge on any atom is 0.187 e. The molecule has 3 N–H and O–H groups in total. The molecule has 0 fully saturated rings. The van der Waals surface area contributed by atoms with Gasteiger partial charge >= 0.3 is 0 Å². The molecule has 0 aliphatic heterocycles. The topological polar surface area (TPSA) is 64.1 Å². The number of furan rings is 1. The van der Waals surface area contributed by atoms with Crippen LogP contribution in [0, 0.1) is 18.2 Å². The number of nitrogens with zero attached hydrogens (tertiary/aromatic N) is 1. The zero-order valence-corrected chi connectivity index (χ0v) is 15.4. The van der Waals surface area contributed by atoms with E-state index in [0.717, 1.165) is 4.88 Å². The molecule has 0 unspecified atom stereocenters. The van der Waals surface area contributed by atoms with Gasteiger partial charge in [-0.25, -0.2) is 13.8 Å². The van der Waals surface area contributed by atoms with Crippen molar-refractivity contribution in [2.75, 3.05) is 5.32 Å². The fourth-order valence-electron chi connectivity index (χ4n) is 2.51. The third-order valence-electron chi connectivity index (χ3n) is 3.97. The van der Waals surface area contributed by atoms with Crippen LogP contribution >= 0.6 is 22.9 Å². The minimum absolute atomic E-state index is 0.0666. The first-order chi connectivity index (χ1) is 12.4. The van der Waals surface area contributed by atoms with Crippen molar-refractivity contribution in [3.05, 3.63) is 44.7 Å². The molecule has 0 bridgehead atoms. The molecular weight excluding hydrogens is 380 g/mol. The molecule has 3 rings (SSSR count). The van der Waals surface area contributed by atoms with Crippen LogP contribution in [0.3, 0.4) is 0 Å². The lowest BCUT2D eigenvalue weighted by molar-refractivity contribution is 0.296. The molecular formula is C18H16ClF2N3OS. The Kier molecular flexibility index (Phi) is 5.47. The zero-order chi connectivity index (χ0) is 18.8. The van der Waals surface area contributed by atoms with E-state index in [2.05, 4.69) is 16.2 Å². The van der Waals surface area contributed by atoms with Crippen LogP contribution in [0.15, 0.2) is 21.9 Å². The Morgan fingerprint density at radius 1 is 1.54 bits per heavy atom. The van der Waals surface area contributed by atoms with Gasteiger partial charge in [0.2, 0.25) is 0 Å². The molecule has 0 aliphatic carbocycles. The van der Waals surface area contributed by atoms with E-state index in [1.807, 2.05) is 17.5 Å². The van der Waals surface area contributed by atoms with E-state index >= 15 is 0 Å². The minimum atomic E-state index is -1.25. The van der Waals surface area contributed by atoms with Gasteiger partial charge in [0, 0.05) is 23.9 Å². The van der Waals surface area contributed by atoms with Crippen molar-refractivity contribution in [2.24, 2.45) is 5.73 Å². The molecule has 3 aromatic rings. The Hall–Kier alpha value is -2.14. The molecule has 4 nitrogen and oxygen atoms in total. The number of halogens is 3. The fourth-order valence-corrected chi connectivity index (χ4v) is 3.33. The highest BCUT2D eigenvalue weighted by Gasteiger charge is 2.25. The molecule has 2 atom stereocenters. The number of alkyl halides is 1. The van der Waals surface area contributed by atoms with Crippen LogP contribution in [0.5, 0.6) is 0 Å². The molecule has 0 saturated carbocycles. The van der Waals surface area contributed by atoms with Gasteiger partial charge in [0.1, 0.15) is 23.1 Å². The predicted molar refractivity (Wildman–Crippen MR) is 101 cm³/mol. The van der Waals surface area contributed by atoms with Gasteiger partial charge in [-0.1, -0.05) is 23.6 Å². The molecule has 3 aromatic heterocycles. The van der Waals surface area contributed by atoms with E-state index in [1.165, 1.54) is 18.3 Å². The second-order valence-corrected chi connectivity index (χ2v) is 7.18. The first-order valence-electron chi connectivity index (χ1n) is 7.85. The monoisotopic (exact) mass is 395 g/mol. The maximum absolute atomic E-state index is 14.5. The van der Waals surface area contributed by atoms with E-state index in [9.17, 15) is 8.78 Å². The average Bonchev–Trinajstić information content (AvgIpc) is 3.22. The van der Waals surface area contributed by atoms with Crippen LogP contribution in [-0.2, 0) is 13.0 Å². The number of thiophene rings is 1. The summed E-state index contributed by atoms with van der Waals surface area (Å²) in [4.78, 5) is 5.01. The van der Waals surface area contributed by atoms with Crippen LogP contribution in [-0.4, -0.2) is 17.2 Å². The Morgan fingerprint density at radius 3 is 2.92 bits per heavy atom. The molecule has 0 radical (unpaired) electrons. The highest BCUT2D eigenvalue weighted by atomic mass is 35.5. The molecule has 0 amide bonds. The number of aromatic nitrogens is 1. The van der Waals surface area contributed by atoms with E-state index < -0.39 is 18.0 Å². The van der Waals surface area contributed by atoms with Gasteiger partial charge in [-0.15, -0.1) is 17.8 Å². The van der Waals surface area contributed by atoms with Crippen LogP contribution in [0.1, 0.15) is 23.1 Å². The maximum atomic E-state index is 14.5. The normalized spacial score (nSPS) is 13.5. The van der Waals surface area contributed by atoms with Crippen molar-refractivity contribution >= 4 is 39.7 Å². The lowest BCUT2D eigenvalue weighted by Gasteiger charge is -2.10. The third-order valence-corrected chi connectivity index (χ3v) is 5.10. The van der Waals surface area contributed by atoms with Crippen LogP contribution in [0.25, 0.3) is 11.1 Å². The SMILES string of the molecule is C#Cc1c(C[C@@H](N)[C@H](C)F)oc2c(NCc3cccs3)c(F)c(Cl)nc12. The molecule has 136 valence electrons. The molecule has 26 heavy (non-hydrogen) atoms. The Labute approximate surface area is 158 Å². The lowest BCUT2D eigenvalue weighted by atomic mass is 10.1. The summed E-state index contributed by atoms with van der Waals surface area (Å²) in [5.74, 6) is 2.02. The Morgan fingerprint density at radius 2 is 2.31 bits per heavy atom. The number of hydrogen-bond donors (Lipinski definition) is 2. The van der Waals surface area contributed by atoms with Crippen molar-refractivity contribution in [1.82, 2.24) is 4.98 Å². The molecule has 0 saturated heterocycles. The minimum Gasteiger partial charge on any atom is -0.456 e. The molecule has 8 heteroatoms. The van der Waals surface area contributed by atoms with Gasteiger partial charge in [-0.3, -0.25) is 0 Å². The zero-order valence-electron chi connectivity index (χ0n) is 13.9. The van der Waals surface area contributed by atoms with Crippen molar-refractivity contribution < 1.29 is 13.2 Å². The summed E-state index contributed by atoms with van der Waals surface area (Å²) in [6.45, 7) is 1.73. The largest absolute Gasteiger partial charge is 0.456 e. The number of terminal acetylenes is 1. The van der Waals surface area contributed by atoms with Crippen molar-refractivity contribution in [3.8, 4) is 12.3 Å². The van der Waals surface area contributed by atoms with Gasteiger partial charge in [-0.2, -0.15) is 0 Å². The van der Waals surface area contributed by atoms with Crippen LogP contribution in [0.4, 0.5) is 14.5 Å². The fraction of sp³-hybridized carbons (Fsp3) is 0.278. The van der Waals surface area contributed by atoms with Crippen molar-refractivity contribution in [3.63, 3.8) is 0 Å². The summed E-state index contributed by atoms with van der Waals surface area (Å²) >= 11 is 7.46. The average molecular weight is 396 g/mol. The highest BCUT2D eigenvalue weighted by molar-refractivity contribution is 7.09. The van der Waals surface area contributed by atoms with E-state index in [0.29, 0.717) is 12.1 Å². The third kappa shape index (κ3) is 3.54. The highest BCUT2D eigenvalue weighted by Crippen LogP contribution is 2.35. The van der Waals surface area contributed by atoms with Crippen molar-refractivity contribution in [2.45, 2.75) is 32.1 Å². The molecule has 0 spiro atoms. The van der Waals surface area contributed by atoms with Gasteiger partial charge < -0.3 is 15.5 Å². The summed E-state index contributed by atoms with van der Waals surface area (Å²) in [5, 5.41) is 4.58. The molecule has 0 aliphatic rings. The summed E-state index contributed by atoms with van der Waals surface area (Å²) in [6.07, 6.45) is 4.38. The summed E-state index contributed by atoms with van der Waals surface area (Å²) in [6, 6.07) is 3.01. The van der Waals surface area contributed by atoms with E-state index in [4.69, 9.17) is 28.2 Å². The van der Waals surface area contributed by atoms with Crippen molar-refractivity contribution in [1.29, 1.82) is 0 Å². The standard InChI is InChI=1S/C18H16ClF2N3OS/c1-3-11-13(7-12(22)9(2)20)25-17-15(11)24-18(19)14(21)16(17)23-8-10-5-4-6-26-10/h1,4-6,9,12H,7-8,22H2,2H3,(H,23,24)/t9-,12+/m0/s1. The first-order valence-corrected chi connectivity index (χ1v) is 9.11. The number of pyridine rings is 1. The van der Waals surface area contributed by atoms with Crippen LogP contribution < -0.4 is 11.1 Å². The summed E-state index contributed by atoms with van der Waals surface area (Å²) < 4.78 is 33.7. The smallest absolute Gasteiger partial charge is 0.187 e. The van der Waals surface area contributed by atoms with Gasteiger partial charge in [0.15, 0.2) is 16.6 Å². The number of hydrogen-bond acceptors (Lipinski definition) is 5. The number of fused-ring (bicyclic) bond motifs is 1. The molecule has 0 aromatic carbocycles. The van der Waals surface area contributed by atoms with E-state index in [-0.39, 0.29) is 34.1 Å².